The summed E-state index contributed by atoms with van der Waals surface area (Å²) in [6, 6.07) is 0.565. The fraction of sp³-hybridized carbons (Fsp3) is 0.750. The molecule has 2 unspecified atom stereocenters. The van der Waals surface area contributed by atoms with E-state index in [-0.39, 0.29) is 0 Å². The van der Waals surface area contributed by atoms with Crippen LogP contribution in [0.15, 0.2) is 23.5 Å². The van der Waals surface area contributed by atoms with E-state index >= 15 is 0 Å². The largest absolute Gasteiger partial charge is 0.399 e. The van der Waals surface area contributed by atoms with E-state index in [1.165, 1.54) is 18.7 Å². The second kappa shape index (κ2) is 4.64. The molecule has 0 aromatic heterocycles. The summed E-state index contributed by atoms with van der Waals surface area (Å²) in [5.74, 6) is 1.45. The molecule has 0 aromatic rings. The Morgan fingerprint density at radius 1 is 1.33 bits per heavy atom. The quantitative estimate of drug-likeness (QED) is 0.769. The molecule has 1 fully saturated rings. The van der Waals surface area contributed by atoms with Crippen molar-refractivity contribution in [3.8, 4) is 0 Å². The third-order valence-corrected chi connectivity index (χ3v) is 4.54. The zero-order valence-corrected chi connectivity index (χ0v) is 12.5. The molecule has 0 radical (unpaired) electrons. The first-order valence-electron chi connectivity index (χ1n) is 7.23. The van der Waals surface area contributed by atoms with Crippen molar-refractivity contribution in [3.05, 3.63) is 23.5 Å². The predicted octanol–water partition coefficient (Wildman–Crippen LogP) is 3.51. The van der Waals surface area contributed by atoms with Gasteiger partial charge in [-0.25, -0.2) is 0 Å². The molecule has 1 aliphatic carbocycles. The van der Waals surface area contributed by atoms with Gasteiger partial charge in [0.1, 0.15) is 0 Å². The molecule has 0 spiro atoms. The molecule has 102 valence electrons. The number of nitrogens with two attached hydrogens (primary N) is 1. The van der Waals surface area contributed by atoms with Crippen LogP contribution < -0.4 is 5.73 Å². The van der Waals surface area contributed by atoms with Gasteiger partial charge in [-0.05, 0) is 44.1 Å². The van der Waals surface area contributed by atoms with Gasteiger partial charge in [-0.3, -0.25) is 0 Å². The summed E-state index contributed by atoms with van der Waals surface area (Å²) in [6.07, 6.45) is 6.82. The smallest absolute Gasteiger partial charge is 0.0291 e. The van der Waals surface area contributed by atoms with Crippen LogP contribution in [0.25, 0.3) is 0 Å². The lowest BCUT2D eigenvalue weighted by Crippen LogP contribution is -2.46. The minimum Gasteiger partial charge on any atom is -0.399 e. The number of piperidine rings is 1. The van der Waals surface area contributed by atoms with E-state index in [1.807, 2.05) is 0 Å². The minimum atomic E-state index is 0.394. The lowest BCUT2D eigenvalue weighted by Gasteiger charge is -2.48. The Morgan fingerprint density at radius 2 is 2.00 bits per heavy atom. The molecule has 18 heavy (non-hydrogen) atoms. The van der Waals surface area contributed by atoms with Crippen LogP contribution in [0.2, 0.25) is 0 Å². The van der Waals surface area contributed by atoms with Crippen molar-refractivity contribution in [1.82, 2.24) is 4.90 Å². The van der Waals surface area contributed by atoms with Gasteiger partial charge in [0.05, 0.1) is 0 Å². The highest BCUT2D eigenvalue weighted by Crippen LogP contribution is 2.43. The van der Waals surface area contributed by atoms with Gasteiger partial charge in [0.2, 0.25) is 0 Å². The number of fused-ring (bicyclic) bond motifs is 1. The van der Waals surface area contributed by atoms with Gasteiger partial charge >= 0.3 is 0 Å². The summed E-state index contributed by atoms with van der Waals surface area (Å²) in [5, 5.41) is 0. The number of allylic oxidation sites excluding steroid dienone is 3. The molecule has 2 N–H and O–H groups in total. The molecule has 2 aliphatic rings. The van der Waals surface area contributed by atoms with Crippen molar-refractivity contribution in [3.63, 3.8) is 0 Å². The summed E-state index contributed by atoms with van der Waals surface area (Å²) in [5.41, 5.74) is 8.80. The first-order chi connectivity index (χ1) is 8.29. The summed E-state index contributed by atoms with van der Waals surface area (Å²) < 4.78 is 0. The van der Waals surface area contributed by atoms with Gasteiger partial charge in [-0.1, -0.05) is 26.8 Å². The minimum absolute atomic E-state index is 0.394. The van der Waals surface area contributed by atoms with Gasteiger partial charge in [0, 0.05) is 29.9 Å². The number of rotatable bonds is 1. The molecule has 2 atom stereocenters. The van der Waals surface area contributed by atoms with Gasteiger partial charge in [-0.2, -0.15) is 0 Å². The van der Waals surface area contributed by atoms with Crippen molar-refractivity contribution in [2.75, 3.05) is 6.54 Å². The van der Waals surface area contributed by atoms with Crippen LogP contribution in [-0.2, 0) is 0 Å². The van der Waals surface area contributed by atoms with Crippen LogP contribution in [0.5, 0.6) is 0 Å². The predicted molar refractivity (Wildman–Crippen MR) is 77.9 cm³/mol. The van der Waals surface area contributed by atoms with Crippen LogP contribution in [0.1, 0.15) is 47.5 Å². The summed E-state index contributed by atoms with van der Waals surface area (Å²) in [4.78, 5) is 2.57. The average Bonchev–Trinajstić information content (AvgIpc) is 2.25. The molecule has 1 aliphatic heterocycles. The van der Waals surface area contributed by atoms with Gasteiger partial charge in [-0.15, -0.1) is 0 Å². The van der Waals surface area contributed by atoms with E-state index in [9.17, 15) is 0 Å². The normalized spacial score (nSPS) is 28.9. The molecule has 0 aromatic carbocycles. The average molecular weight is 248 g/mol. The number of hydrogen-bond acceptors (Lipinski definition) is 2. The molecule has 2 rings (SSSR count). The summed E-state index contributed by atoms with van der Waals surface area (Å²) in [6.45, 7) is 12.9. The van der Waals surface area contributed by atoms with Crippen molar-refractivity contribution in [2.45, 2.75) is 53.5 Å². The van der Waals surface area contributed by atoms with E-state index in [0.29, 0.717) is 17.4 Å². The summed E-state index contributed by atoms with van der Waals surface area (Å²) in [7, 11) is 0. The van der Waals surface area contributed by atoms with Gasteiger partial charge in [0.15, 0.2) is 0 Å². The fourth-order valence-corrected chi connectivity index (χ4v) is 3.18. The molecular weight excluding hydrogens is 220 g/mol. The maximum absolute atomic E-state index is 5.98. The van der Waals surface area contributed by atoms with Crippen LogP contribution >= 0.6 is 0 Å². The number of nitrogens with zero attached hydrogens (tertiary/aromatic N) is 1. The highest BCUT2D eigenvalue weighted by molar-refractivity contribution is 5.28. The second-order valence-corrected chi connectivity index (χ2v) is 7.25. The van der Waals surface area contributed by atoms with E-state index in [1.54, 1.807) is 0 Å². The lowest BCUT2D eigenvalue weighted by molar-refractivity contribution is 0.0815. The molecule has 1 heterocycles. The Labute approximate surface area is 112 Å². The third kappa shape index (κ3) is 2.57. The van der Waals surface area contributed by atoms with Gasteiger partial charge in [0.25, 0.3) is 0 Å². The van der Waals surface area contributed by atoms with Crippen LogP contribution in [0, 0.1) is 17.3 Å². The second-order valence-electron chi connectivity index (χ2n) is 7.25. The van der Waals surface area contributed by atoms with E-state index < -0.39 is 0 Å². The van der Waals surface area contributed by atoms with Crippen LogP contribution in [0.3, 0.4) is 0 Å². The van der Waals surface area contributed by atoms with E-state index in [0.717, 1.165) is 18.0 Å². The first-order valence-corrected chi connectivity index (χ1v) is 7.23. The third-order valence-electron chi connectivity index (χ3n) is 4.54. The van der Waals surface area contributed by atoms with Crippen molar-refractivity contribution in [1.29, 1.82) is 0 Å². The standard InChI is InChI=1S/C16H28N2/c1-11(2)18-10-13(16(3,4)5)8-12-6-7-14(17)9-15(12)18/h7,9,11-13H,6,8,10,17H2,1-5H3. The van der Waals surface area contributed by atoms with E-state index in [4.69, 9.17) is 5.73 Å². The molecule has 0 amide bonds. The Hall–Kier alpha value is -0.920. The van der Waals surface area contributed by atoms with Crippen LogP contribution in [0.4, 0.5) is 0 Å². The monoisotopic (exact) mass is 248 g/mol. The first kappa shape index (κ1) is 13.5. The van der Waals surface area contributed by atoms with Crippen molar-refractivity contribution in [2.24, 2.45) is 23.0 Å². The molecule has 2 heteroatoms. The van der Waals surface area contributed by atoms with Gasteiger partial charge < -0.3 is 10.6 Å². The highest BCUT2D eigenvalue weighted by Gasteiger charge is 2.37. The molecular formula is C16H28N2. The molecule has 0 bridgehead atoms. The van der Waals surface area contributed by atoms with E-state index in [2.05, 4.69) is 51.7 Å². The van der Waals surface area contributed by atoms with Crippen molar-refractivity contribution < 1.29 is 0 Å². The molecule has 0 saturated carbocycles. The maximum Gasteiger partial charge on any atom is 0.0291 e. The lowest BCUT2D eigenvalue weighted by atomic mass is 9.70. The van der Waals surface area contributed by atoms with Crippen molar-refractivity contribution >= 4 is 0 Å². The number of likely N-dealkylation sites (tertiary alicyclic amines) is 1. The Kier molecular flexibility index (Phi) is 3.48. The molecule has 1 saturated heterocycles. The summed E-state index contributed by atoms with van der Waals surface area (Å²) >= 11 is 0. The highest BCUT2D eigenvalue weighted by atomic mass is 15.2. The zero-order valence-electron chi connectivity index (χ0n) is 12.5. The topological polar surface area (TPSA) is 29.3 Å². The number of hydrogen-bond donors (Lipinski definition) is 1. The maximum atomic E-state index is 5.98. The van der Waals surface area contributed by atoms with Crippen LogP contribution in [-0.4, -0.2) is 17.5 Å². The molecule has 2 nitrogen and oxygen atoms in total. The Bertz CT molecular complexity index is 371. The zero-order chi connectivity index (χ0) is 13.5. The Balaban J connectivity index is 2.27. The fourth-order valence-electron chi connectivity index (χ4n) is 3.18. The Morgan fingerprint density at radius 3 is 2.56 bits per heavy atom. The SMILES string of the molecule is CC(C)N1CC(C(C)(C)C)CC2CC=C(N)C=C21.